The van der Waals surface area contributed by atoms with Gasteiger partial charge >= 0.3 is 12.1 Å². The number of aliphatic hydroxyl groups excluding tert-OH is 1. The monoisotopic (exact) mass is 502 g/mol. The molecule has 1 aliphatic rings. The number of nitrogens with one attached hydrogen (secondary N) is 1. The van der Waals surface area contributed by atoms with Gasteiger partial charge in [0.2, 0.25) is 0 Å². The predicted octanol–water partition coefficient (Wildman–Crippen LogP) is 7.13. The van der Waals surface area contributed by atoms with Crippen LogP contribution in [0.15, 0.2) is 66.7 Å². The van der Waals surface area contributed by atoms with E-state index in [0.29, 0.717) is 0 Å². The number of H-pyrrole nitrogens is 1. The smallest absolute Gasteiger partial charge is 0.456 e. The minimum atomic E-state index is -5.65. The number of halogens is 5. The van der Waals surface area contributed by atoms with Crippen LogP contribution in [0, 0.1) is 0 Å². The molecule has 1 fully saturated rings. The molecule has 1 heterocycles. The van der Waals surface area contributed by atoms with Crippen LogP contribution in [0.5, 0.6) is 5.75 Å². The van der Waals surface area contributed by atoms with Crippen molar-refractivity contribution in [2.45, 2.75) is 43.4 Å². The first-order chi connectivity index (χ1) is 17.0. The van der Waals surface area contributed by atoms with E-state index in [4.69, 9.17) is 4.98 Å². The molecule has 0 spiro atoms. The van der Waals surface area contributed by atoms with Crippen LogP contribution < -0.4 is 4.74 Å². The highest BCUT2D eigenvalue weighted by molar-refractivity contribution is 5.83. The summed E-state index contributed by atoms with van der Waals surface area (Å²) >= 11 is 0. The summed E-state index contributed by atoms with van der Waals surface area (Å²) in [5.41, 5.74) is 5.39. The number of nitrogens with zero attached hydrogens (tertiary/aromatic N) is 1. The topological polar surface area (TPSA) is 58.1 Å². The van der Waals surface area contributed by atoms with Gasteiger partial charge in [-0.2, -0.15) is 22.0 Å². The molecule has 1 aromatic heterocycles. The Morgan fingerprint density at radius 3 is 2.42 bits per heavy atom. The van der Waals surface area contributed by atoms with Gasteiger partial charge in [0.05, 0.1) is 17.1 Å². The molecule has 3 unspecified atom stereocenters. The number of aromatic amines is 1. The number of aliphatic hydroxyl groups is 1. The first-order valence-corrected chi connectivity index (χ1v) is 11.5. The van der Waals surface area contributed by atoms with E-state index in [9.17, 15) is 27.1 Å². The molecule has 4 aromatic rings. The summed E-state index contributed by atoms with van der Waals surface area (Å²) in [6.45, 7) is -0.0278. The lowest BCUT2D eigenvalue weighted by Crippen LogP contribution is -2.41. The second-order valence-corrected chi connectivity index (χ2v) is 9.13. The molecule has 0 aliphatic heterocycles. The Morgan fingerprint density at radius 1 is 1.00 bits per heavy atom. The normalized spacial score (nSPS) is 18.9. The zero-order chi connectivity index (χ0) is 25.7. The van der Waals surface area contributed by atoms with E-state index in [1.165, 1.54) is 12.1 Å². The van der Waals surface area contributed by atoms with Gasteiger partial charge in [0.25, 0.3) is 0 Å². The summed E-state index contributed by atoms with van der Waals surface area (Å²) in [5.74, 6) is -3.82. The molecule has 1 aliphatic carbocycles. The highest BCUT2D eigenvalue weighted by atomic mass is 19.4. The van der Waals surface area contributed by atoms with Crippen molar-refractivity contribution in [2.75, 3.05) is 6.61 Å². The van der Waals surface area contributed by atoms with Crippen LogP contribution in [0.4, 0.5) is 22.0 Å². The maximum absolute atomic E-state index is 13.1. The zero-order valence-corrected chi connectivity index (χ0v) is 19.2. The van der Waals surface area contributed by atoms with Crippen LogP contribution in [0.25, 0.3) is 22.2 Å². The SMILES string of the molecule is CC(O)c1ccccc1-c1ccc2nc(C3CC3c3ccc(OCC(F)(F)C(F)(F)F)cc3)[nH]c2c1. The van der Waals surface area contributed by atoms with E-state index >= 15 is 0 Å². The number of benzene rings is 3. The maximum Gasteiger partial charge on any atom is 0.456 e. The standard InChI is InChI=1S/C27H23F5N2O2/c1-15(35)19-4-2-3-5-20(19)17-8-11-23-24(12-17)34-25(33-23)22-13-21(22)16-6-9-18(10-7-16)36-14-26(28,29)27(30,31)32/h2-12,15,21-22,35H,13-14H2,1H3,(H,33,34). The molecule has 9 heteroatoms. The molecule has 1 saturated carbocycles. The largest absolute Gasteiger partial charge is 0.487 e. The summed E-state index contributed by atoms with van der Waals surface area (Å²) in [6.07, 6.45) is -5.41. The summed E-state index contributed by atoms with van der Waals surface area (Å²) in [5, 5.41) is 10.1. The molecule has 0 bridgehead atoms. The summed E-state index contributed by atoms with van der Waals surface area (Å²) in [7, 11) is 0. The van der Waals surface area contributed by atoms with Gasteiger partial charge in [-0.15, -0.1) is 0 Å². The number of hydrogen-bond acceptors (Lipinski definition) is 3. The quantitative estimate of drug-likeness (QED) is 0.264. The molecule has 2 N–H and O–H groups in total. The number of imidazole rings is 1. The predicted molar refractivity (Wildman–Crippen MR) is 125 cm³/mol. The number of rotatable bonds is 7. The Bertz CT molecular complexity index is 1380. The van der Waals surface area contributed by atoms with E-state index in [2.05, 4.69) is 9.72 Å². The minimum Gasteiger partial charge on any atom is -0.487 e. The van der Waals surface area contributed by atoms with Crippen molar-refractivity contribution in [2.24, 2.45) is 0 Å². The molecule has 0 radical (unpaired) electrons. The average Bonchev–Trinajstić information content (AvgIpc) is 3.53. The van der Waals surface area contributed by atoms with Gasteiger partial charge in [-0.3, -0.25) is 0 Å². The van der Waals surface area contributed by atoms with Gasteiger partial charge in [0.1, 0.15) is 11.6 Å². The lowest BCUT2D eigenvalue weighted by Gasteiger charge is -2.19. The number of ether oxygens (including phenoxy) is 1. The van der Waals surface area contributed by atoms with Gasteiger partial charge in [-0.1, -0.05) is 42.5 Å². The van der Waals surface area contributed by atoms with Crippen molar-refractivity contribution in [3.63, 3.8) is 0 Å². The van der Waals surface area contributed by atoms with Crippen molar-refractivity contribution in [3.05, 3.63) is 83.7 Å². The van der Waals surface area contributed by atoms with Gasteiger partial charge in [-0.25, -0.2) is 4.98 Å². The third-order valence-electron chi connectivity index (χ3n) is 6.51. The van der Waals surface area contributed by atoms with E-state index in [1.807, 2.05) is 42.5 Å². The molecule has 36 heavy (non-hydrogen) atoms. The van der Waals surface area contributed by atoms with Crippen LogP contribution in [0.2, 0.25) is 0 Å². The van der Waals surface area contributed by atoms with Crippen molar-refractivity contribution >= 4 is 11.0 Å². The van der Waals surface area contributed by atoms with Crippen LogP contribution >= 0.6 is 0 Å². The summed E-state index contributed by atoms with van der Waals surface area (Å²) in [4.78, 5) is 8.11. The van der Waals surface area contributed by atoms with E-state index in [0.717, 1.165) is 45.5 Å². The van der Waals surface area contributed by atoms with Crippen LogP contribution in [0.1, 0.15) is 48.2 Å². The zero-order valence-electron chi connectivity index (χ0n) is 19.2. The third kappa shape index (κ3) is 4.67. The minimum absolute atomic E-state index is 0.0476. The second kappa shape index (κ2) is 8.89. The fourth-order valence-corrected chi connectivity index (χ4v) is 4.43. The molecule has 188 valence electrons. The number of alkyl halides is 5. The molecular weight excluding hydrogens is 479 g/mol. The lowest BCUT2D eigenvalue weighted by atomic mass is 9.96. The van der Waals surface area contributed by atoms with Crippen molar-refractivity contribution in [3.8, 4) is 16.9 Å². The Kier molecular flexibility index (Phi) is 5.98. The van der Waals surface area contributed by atoms with Crippen molar-refractivity contribution in [1.29, 1.82) is 0 Å². The van der Waals surface area contributed by atoms with Crippen molar-refractivity contribution < 1.29 is 31.8 Å². The number of aromatic nitrogens is 2. The molecule has 3 atom stereocenters. The van der Waals surface area contributed by atoms with Crippen LogP contribution in [0.3, 0.4) is 0 Å². The van der Waals surface area contributed by atoms with E-state index in [-0.39, 0.29) is 17.6 Å². The molecular formula is C27H23F5N2O2. The van der Waals surface area contributed by atoms with Gasteiger partial charge in [0.15, 0.2) is 6.61 Å². The number of hydrogen-bond donors (Lipinski definition) is 2. The van der Waals surface area contributed by atoms with E-state index in [1.54, 1.807) is 19.1 Å². The Balaban J connectivity index is 1.29. The second-order valence-electron chi connectivity index (χ2n) is 9.13. The Morgan fingerprint density at radius 2 is 1.72 bits per heavy atom. The molecule has 0 saturated heterocycles. The molecule has 4 nitrogen and oxygen atoms in total. The van der Waals surface area contributed by atoms with Gasteiger partial charge in [0, 0.05) is 5.92 Å². The molecule has 3 aromatic carbocycles. The van der Waals surface area contributed by atoms with E-state index < -0.39 is 24.8 Å². The number of fused-ring (bicyclic) bond motifs is 1. The fraction of sp³-hybridized carbons (Fsp3) is 0.296. The maximum atomic E-state index is 13.1. The first kappa shape index (κ1) is 24.2. The summed E-state index contributed by atoms with van der Waals surface area (Å²) in [6, 6.07) is 19.8. The molecule has 5 rings (SSSR count). The van der Waals surface area contributed by atoms with Crippen molar-refractivity contribution in [1.82, 2.24) is 9.97 Å². The van der Waals surface area contributed by atoms with Gasteiger partial charge in [-0.05, 0) is 65.8 Å². The van der Waals surface area contributed by atoms with Crippen LogP contribution in [-0.4, -0.2) is 33.8 Å². The van der Waals surface area contributed by atoms with Crippen LogP contribution in [-0.2, 0) is 0 Å². The Hall–Kier alpha value is -3.46. The highest BCUT2D eigenvalue weighted by Crippen LogP contribution is 2.54. The third-order valence-corrected chi connectivity index (χ3v) is 6.51. The highest BCUT2D eigenvalue weighted by Gasteiger charge is 2.58. The Labute approximate surface area is 203 Å². The average molecular weight is 502 g/mol. The molecule has 0 amide bonds. The summed E-state index contributed by atoms with van der Waals surface area (Å²) < 4.78 is 67.7. The fourth-order valence-electron chi connectivity index (χ4n) is 4.43. The first-order valence-electron chi connectivity index (χ1n) is 11.5. The lowest BCUT2D eigenvalue weighted by molar-refractivity contribution is -0.290. The van der Waals surface area contributed by atoms with Gasteiger partial charge < -0.3 is 14.8 Å².